The van der Waals surface area contributed by atoms with Gasteiger partial charge in [0.25, 0.3) is 5.91 Å². The molecule has 0 radical (unpaired) electrons. The van der Waals surface area contributed by atoms with E-state index in [4.69, 9.17) is 10.2 Å². The van der Waals surface area contributed by atoms with Crippen molar-refractivity contribution >= 4 is 5.91 Å². The highest BCUT2D eigenvalue weighted by Gasteiger charge is 2.17. The Labute approximate surface area is 80.8 Å². The number of hydrogen-bond acceptors (Lipinski definition) is 4. The lowest BCUT2D eigenvalue weighted by Gasteiger charge is -2.12. The van der Waals surface area contributed by atoms with Gasteiger partial charge in [0.1, 0.15) is 0 Å². The summed E-state index contributed by atoms with van der Waals surface area (Å²) in [4.78, 5) is 12.7. The Morgan fingerprint density at radius 3 is 2.21 bits per heavy atom. The van der Waals surface area contributed by atoms with Crippen LogP contribution in [0, 0.1) is 0 Å². The van der Waals surface area contributed by atoms with Crippen LogP contribution in [-0.4, -0.2) is 40.2 Å². The summed E-state index contributed by atoms with van der Waals surface area (Å²) in [6.07, 6.45) is 0. The molecule has 1 aromatic rings. The first kappa shape index (κ1) is 10.2. The van der Waals surface area contributed by atoms with Crippen LogP contribution in [0.3, 0.4) is 0 Å². The number of rotatable bonds is 1. The van der Waals surface area contributed by atoms with Crippen LogP contribution in [0.1, 0.15) is 10.4 Å². The van der Waals surface area contributed by atoms with Crippen LogP contribution < -0.4 is 0 Å². The third-order valence-corrected chi connectivity index (χ3v) is 1.77. The van der Waals surface area contributed by atoms with Crippen molar-refractivity contribution in [2.45, 2.75) is 0 Å². The quantitative estimate of drug-likeness (QED) is 0.573. The highest BCUT2D eigenvalue weighted by Crippen LogP contribution is 2.37. The number of phenols is 3. The van der Waals surface area contributed by atoms with Gasteiger partial charge in [-0.3, -0.25) is 4.79 Å². The van der Waals surface area contributed by atoms with E-state index in [0.717, 1.165) is 6.07 Å². The van der Waals surface area contributed by atoms with E-state index in [1.54, 1.807) is 0 Å². The number of hydrogen-bond donors (Lipinski definition) is 3. The largest absolute Gasteiger partial charge is 0.504 e. The van der Waals surface area contributed by atoms with Gasteiger partial charge < -0.3 is 20.2 Å². The predicted molar refractivity (Wildman–Crippen MR) is 49.5 cm³/mol. The molecule has 5 heteroatoms. The average molecular weight is 197 g/mol. The van der Waals surface area contributed by atoms with E-state index in [9.17, 15) is 9.90 Å². The van der Waals surface area contributed by atoms with E-state index in [1.807, 2.05) is 0 Å². The molecular formula is C9H11NO4. The van der Waals surface area contributed by atoms with Gasteiger partial charge in [-0.05, 0) is 12.1 Å². The summed E-state index contributed by atoms with van der Waals surface area (Å²) in [5.41, 5.74) is -0.0506. The summed E-state index contributed by atoms with van der Waals surface area (Å²) in [6.45, 7) is 0. The molecule has 0 aliphatic heterocycles. The normalized spacial score (nSPS) is 9.86. The summed E-state index contributed by atoms with van der Waals surface area (Å²) in [7, 11) is 3.04. The van der Waals surface area contributed by atoms with Crippen molar-refractivity contribution in [2.24, 2.45) is 0 Å². The highest BCUT2D eigenvalue weighted by molar-refractivity contribution is 5.97. The lowest BCUT2D eigenvalue weighted by atomic mass is 10.1. The van der Waals surface area contributed by atoms with E-state index < -0.39 is 23.2 Å². The fourth-order valence-electron chi connectivity index (χ4n) is 0.982. The zero-order valence-corrected chi connectivity index (χ0v) is 7.85. The smallest absolute Gasteiger partial charge is 0.257 e. The molecule has 1 aromatic carbocycles. The molecule has 0 aromatic heterocycles. The molecule has 0 saturated carbocycles. The Morgan fingerprint density at radius 1 is 1.14 bits per heavy atom. The van der Waals surface area contributed by atoms with Gasteiger partial charge in [0.05, 0.1) is 5.56 Å². The molecule has 1 amide bonds. The van der Waals surface area contributed by atoms with Gasteiger partial charge in [-0.1, -0.05) is 0 Å². The van der Waals surface area contributed by atoms with Gasteiger partial charge in [0.2, 0.25) is 5.75 Å². The molecule has 0 spiro atoms. The maximum Gasteiger partial charge on any atom is 0.257 e. The van der Waals surface area contributed by atoms with Crippen molar-refractivity contribution in [2.75, 3.05) is 14.1 Å². The molecule has 0 saturated heterocycles. The zero-order valence-electron chi connectivity index (χ0n) is 7.85. The SMILES string of the molecule is CN(C)C(=O)c1ccc(O)c(O)c1O. The van der Waals surface area contributed by atoms with E-state index in [1.165, 1.54) is 25.1 Å². The lowest BCUT2D eigenvalue weighted by Crippen LogP contribution is -2.21. The third-order valence-electron chi connectivity index (χ3n) is 1.77. The molecule has 1 rings (SSSR count). The van der Waals surface area contributed by atoms with Crippen molar-refractivity contribution in [3.8, 4) is 17.2 Å². The molecule has 3 N–H and O–H groups in total. The van der Waals surface area contributed by atoms with E-state index in [0.29, 0.717) is 0 Å². The number of nitrogens with zero attached hydrogens (tertiary/aromatic N) is 1. The van der Waals surface area contributed by atoms with Crippen LogP contribution in [0.2, 0.25) is 0 Å². The first-order valence-corrected chi connectivity index (χ1v) is 3.90. The summed E-state index contributed by atoms with van der Waals surface area (Å²) in [5.74, 6) is -2.20. The van der Waals surface area contributed by atoms with Crippen LogP contribution in [0.15, 0.2) is 12.1 Å². The first-order chi connectivity index (χ1) is 6.45. The van der Waals surface area contributed by atoms with Crippen LogP contribution in [0.4, 0.5) is 0 Å². The average Bonchev–Trinajstić information content (AvgIpc) is 2.13. The van der Waals surface area contributed by atoms with Crippen molar-refractivity contribution in [3.05, 3.63) is 17.7 Å². The second kappa shape index (κ2) is 3.45. The Balaban J connectivity index is 3.24. The molecule has 0 bridgehead atoms. The minimum absolute atomic E-state index is 0.0506. The van der Waals surface area contributed by atoms with Gasteiger partial charge >= 0.3 is 0 Å². The van der Waals surface area contributed by atoms with Crippen LogP contribution in [0.5, 0.6) is 17.2 Å². The second-order valence-electron chi connectivity index (χ2n) is 3.03. The number of carbonyl (C=O) groups excluding carboxylic acids is 1. The minimum atomic E-state index is -0.683. The van der Waals surface area contributed by atoms with Crippen LogP contribution in [0.25, 0.3) is 0 Å². The molecule has 14 heavy (non-hydrogen) atoms. The van der Waals surface area contributed by atoms with Crippen molar-refractivity contribution < 1.29 is 20.1 Å². The minimum Gasteiger partial charge on any atom is -0.504 e. The van der Waals surface area contributed by atoms with Crippen molar-refractivity contribution in [1.29, 1.82) is 0 Å². The number of amides is 1. The highest BCUT2D eigenvalue weighted by atomic mass is 16.3. The molecule has 5 nitrogen and oxygen atoms in total. The summed E-state index contributed by atoms with van der Waals surface area (Å²) < 4.78 is 0. The Hall–Kier alpha value is -1.91. The standard InChI is InChI=1S/C9H11NO4/c1-10(2)9(14)5-3-4-6(11)8(13)7(5)12/h3-4,11-13H,1-2H3. The summed E-state index contributed by atoms with van der Waals surface area (Å²) >= 11 is 0. The van der Waals surface area contributed by atoms with Gasteiger partial charge in [0, 0.05) is 14.1 Å². The fourth-order valence-corrected chi connectivity index (χ4v) is 0.982. The van der Waals surface area contributed by atoms with E-state index >= 15 is 0 Å². The zero-order chi connectivity index (χ0) is 10.9. The van der Waals surface area contributed by atoms with E-state index in [-0.39, 0.29) is 5.56 Å². The summed E-state index contributed by atoms with van der Waals surface area (Å²) in [5, 5.41) is 27.5. The Morgan fingerprint density at radius 2 is 1.71 bits per heavy atom. The maximum absolute atomic E-state index is 11.4. The molecular weight excluding hydrogens is 186 g/mol. The molecule has 0 heterocycles. The Bertz CT molecular complexity index is 373. The Kier molecular flexibility index (Phi) is 2.51. The number of phenolic OH excluding ortho intramolecular Hbond substituents is 3. The molecule has 0 atom stereocenters. The topological polar surface area (TPSA) is 81.0 Å². The molecule has 76 valence electrons. The van der Waals surface area contributed by atoms with Crippen LogP contribution in [-0.2, 0) is 0 Å². The lowest BCUT2D eigenvalue weighted by molar-refractivity contribution is 0.0824. The number of carbonyl (C=O) groups is 1. The maximum atomic E-state index is 11.4. The number of benzene rings is 1. The molecule has 0 unspecified atom stereocenters. The molecule has 0 aliphatic rings. The molecule has 0 aliphatic carbocycles. The fraction of sp³-hybridized carbons (Fsp3) is 0.222. The van der Waals surface area contributed by atoms with Gasteiger partial charge in [-0.15, -0.1) is 0 Å². The van der Waals surface area contributed by atoms with Crippen LogP contribution >= 0.6 is 0 Å². The number of aromatic hydroxyl groups is 3. The molecule has 0 fully saturated rings. The van der Waals surface area contributed by atoms with Gasteiger partial charge in [-0.25, -0.2) is 0 Å². The second-order valence-corrected chi connectivity index (χ2v) is 3.03. The monoisotopic (exact) mass is 197 g/mol. The first-order valence-electron chi connectivity index (χ1n) is 3.90. The summed E-state index contributed by atoms with van der Waals surface area (Å²) in [6, 6.07) is 2.39. The van der Waals surface area contributed by atoms with Gasteiger partial charge in [0.15, 0.2) is 11.5 Å². The van der Waals surface area contributed by atoms with Crippen molar-refractivity contribution in [1.82, 2.24) is 4.90 Å². The van der Waals surface area contributed by atoms with E-state index in [2.05, 4.69) is 0 Å². The third kappa shape index (κ3) is 1.56. The van der Waals surface area contributed by atoms with Crippen molar-refractivity contribution in [3.63, 3.8) is 0 Å². The van der Waals surface area contributed by atoms with Gasteiger partial charge in [-0.2, -0.15) is 0 Å². The predicted octanol–water partition coefficient (Wildman–Crippen LogP) is 0.505.